The fourth-order valence-corrected chi connectivity index (χ4v) is 6.70. The van der Waals surface area contributed by atoms with Crippen LogP contribution in [0.5, 0.6) is 0 Å². The van der Waals surface area contributed by atoms with Gasteiger partial charge in [-0.3, -0.25) is 9.28 Å². The first kappa shape index (κ1) is 26.3. The van der Waals surface area contributed by atoms with Gasteiger partial charge in [-0.05, 0) is 43.4 Å². The Bertz CT molecular complexity index is 703. The van der Waals surface area contributed by atoms with Crippen LogP contribution in [0, 0.1) is 27.1 Å². The Labute approximate surface area is 190 Å². The first-order valence-electron chi connectivity index (χ1n) is 12.0. The van der Waals surface area contributed by atoms with E-state index in [0.717, 1.165) is 25.9 Å². The third kappa shape index (κ3) is 4.46. The fraction of sp³-hybridized carbons (Fsp3) is 0.923. The number of carbonyl (C=O) groups excluding carboxylic acids is 2. The van der Waals surface area contributed by atoms with Crippen molar-refractivity contribution in [3.63, 3.8) is 0 Å². The molecule has 3 atom stereocenters. The quantitative estimate of drug-likeness (QED) is 0.430. The average molecular weight is 439 g/mol. The molecule has 5 heteroatoms. The van der Waals surface area contributed by atoms with Crippen molar-refractivity contribution in [2.45, 2.75) is 101 Å². The van der Waals surface area contributed by atoms with E-state index in [4.69, 9.17) is 4.74 Å². The van der Waals surface area contributed by atoms with Gasteiger partial charge < -0.3 is 9.84 Å². The smallest absolute Gasteiger partial charge is 0.314 e. The number of aliphatic hydroxyl groups excluding tert-OH is 1. The van der Waals surface area contributed by atoms with Crippen molar-refractivity contribution in [1.29, 1.82) is 0 Å². The van der Waals surface area contributed by atoms with Gasteiger partial charge in [0.25, 0.3) is 0 Å². The van der Waals surface area contributed by atoms with Gasteiger partial charge in [0.2, 0.25) is 0 Å². The monoisotopic (exact) mass is 438 g/mol. The predicted molar refractivity (Wildman–Crippen MR) is 124 cm³/mol. The third-order valence-electron chi connectivity index (χ3n) is 9.07. The minimum atomic E-state index is -0.725. The lowest BCUT2D eigenvalue weighted by Gasteiger charge is -2.62. The summed E-state index contributed by atoms with van der Waals surface area (Å²) in [6, 6.07) is 0.282. The van der Waals surface area contributed by atoms with Gasteiger partial charge in [-0.15, -0.1) is 0 Å². The van der Waals surface area contributed by atoms with Gasteiger partial charge in [-0.25, -0.2) is 4.79 Å². The summed E-state index contributed by atoms with van der Waals surface area (Å²) < 4.78 is 6.17. The summed E-state index contributed by atoms with van der Waals surface area (Å²) in [5.74, 6) is 0.168. The van der Waals surface area contributed by atoms with Gasteiger partial charge >= 0.3 is 11.9 Å². The zero-order valence-electron chi connectivity index (χ0n) is 21.9. The lowest BCUT2D eigenvalue weighted by molar-refractivity contribution is -0.938. The molecule has 1 amide bonds. The van der Waals surface area contributed by atoms with Gasteiger partial charge in [-0.2, -0.15) is 0 Å². The van der Waals surface area contributed by atoms with Crippen molar-refractivity contribution in [3.05, 3.63) is 0 Å². The number of hydrogen-bond acceptors (Lipinski definition) is 4. The number of nitrogens with zero attached hydrogens (tertiary/aromatic N) is 1. The van der Waals surface area contributed by atoms with E-state index >= 15 is 0 Å². The van der Waals surface area contributed by atoms with Crippen LogP contribution in [0.2, 0.25) is 0 Å². The van der Waals surface area contributed by atoms with Gasteiger partial charge in [-0.1, -0.05) is 48.5 Å². The zero-order valence-corrected chi connectivity index (χ0v) is 21.9. The number of quaternary nitrogens is 1. The van der Waals surface area contributed by atoms with Crippen LogP contribution in [-0.4, -0.2) is 53.8 Å². The van der Waals surface area contributed by atoms with E-state index in [1.807, 2.05) is 6.92 Å². The molecule has 2 rings (SSSR count). The van der Waals surface area contributed by atoms with E-state index in [-0.39, 0.29) is 41.5 Å². The fourth-order valence-electron chi connectivity index (χ4n) is 6.70. The largest absolute Gasteiger partial charge is 0.463 e. The highest BCUT2D eigenvalue weighted by atomic mass is 16.5. The highest BCUT2D eigenvalue weighted by Crippen LogP contribution is 2.61. The third-order valence-corrected chi connectivity index (χ3v) is 9.07. The standard InChI is InChI=1S/C26H48NO4/c1-22(2,3)17-26(10,21(30)31-15-14-28)25(8,9)24(6,7)16-19-23(4,5)18-27(19)13-11-12-20(27)29/h19,28H,11-18H2,1-10H3/q+1. The summed E-state index contributed by atoms with van der Waals surface area (Å²) >= 11 is 0. The molecule has 3 unspecified atom stereocenters. The molecule has 0 bridgehead atoms. The second-order valence-corrected chi connectivity index (χ2v) is 13.6. The summed E-state index contributed by atoms with van der Waals surface area (Å²) in [5, 5.41) is 9.22. The van der Waals surface area contributed by atoms with E-state index in [1.54, 1.807) is 0 Å². The van der Waals surface area contributed by atoms with E-state index < -0.39 is 10.8 Å². The summed E-state index contributed by atoms with van der Waals surface area (Å²) in [4.78, 5) is 26.3. The van der Waals surface area contributed by atoms with E-state index in [1.165, 1.54) is 0 Å². The van der Waals surface area contributed by atoms with Crippen LogP contribution < -0.4 is 0 Å². The molecule has 0 aliphatic carbocycles. The number of esters is 1. The molecule has 0 aromatic rings. The molecule has 5 nitrogen and oxygen atoms in total. The molecule has 180 valence electrons. The molecule has 1 spiro atoms. The molecule has 2 heterocycles. The number of aliphatic hydroxyl groups is 1. The Morgan fingerprint density at radius 1 is 1.13 bits per heavy atom. The maximum atomic E-state index is 13.4. The second kappa shape index (κ2) is 8.13. The molecule has 2 fully saturated rings. The summed E-state index contributed by atoms with van der Waals surface area (Å²) in [6.07, 6.45) is 3.27. The van der Waals surface area contributed by atoms with Crippen LogP contribution in [0.1, 0.15) is 94.9 Å². The normalized spacial score (nSPS) is 28.4. The summed E-state index contributed by atoms with van der Waals surface area (Å²) in [5.41, 5.74) is -1.27. The lowest BCUT2D eigenvalue weighted by atomic mass is 9.48. The Hall–Kier alpha value is -0.940. The van der Waals surface area contributed by atoms with Crippen LogP contribution >= 0.6 is 0 Å². The Balaban J connectivity index is 2.42. The van der Waals surface area contributed by atoms with Crippen molar-refractivity contribution >= 4 is 11.9 Å². The first-order chi connectivity index (χ1) is 13.9. The molecule has 0 saturated carbocycles. The van der Waals surface area contributed by atoms with Crippen molar-refractivity contribution in [3.8, 4) is 0 Å². The van der Waals surface area contributed by atoms with Gasteiger partial charge in [0.1, 0.15) is 12.6 Å². The van der Waals surface area contributed by atoms with Crippen molar-refractivity contribution in [2.75, 3.05) is 26.3 Å². The molecule has 2 saturated heterocycles. The Kier molecular flexibility index (Phi) is 6.90. The maximum Gasteiger partial charge on any atom is 0.314 e. The number of hydrogen-bond donors (Lipinski definition) is 1. The maximum absolute atomic E-state index is 13.4. The predicted octanol–water partition coefficient (Wildman–Crippen LogP) is 4.95. The minimum Gasteiger partial charge on any atom is -0.463 e. The van der Waals surface area contributed by atoms with Crippen LogP contribution in [0.3, 0.4) is 0 Å². The molecule has 31 heavy (non-hydrogen) atoms. The molecule has 2 aliphatic heterocycles. The SMILES string of the molecule is CC(C)(C)CC(C)(C(=O)OCCO)C(C)(C)C(C)(C)CC1C(C)(C)C[N+]12CCCC2=O. The van der Waals surface area contributed by atoms with Crippen LogP contribution in [0.25, 0.3) is 0 Å². The average Bonchev–Trinajstić information content (AvgIpc) is 2.97. The Morgan fingerprint density at radius 3 is 2.13 bits per heavy atom. The van der Waals surface area contributed by atoms with Gasteiger partial charge in [0, 0.05) is 12.8 Å². The number of rotatable bonds is 8. The molecule has 0 aromatic carbocycles. The highest BCUT2D eigenvalue weighted by Gasteiger charge is 2.67. The molecular formula is C26H48NO4+. The summed E-state index contributed by atoms with van der Waals surface area (Å²) in [6.45, 7) is 23.8. The van der Waals surface area contributed by atoms with E-state index in [2.05, 4.69) is 62.3 Å². The second-order valence-electron chi connectivity index (χ2n) is 13.6. The van der Waals surface area contributed by atoms with E-state index in [9.17, 15) is 14.7 Å². The summed E-state index contributed by atoms with van der Waals surface area (Å²) in [7, 11) is 0. The van der Waals surface area contributed by atoms with Crippen molar-refractivity contribution in [2.24, 2.45) is 27.1 Å². The van der Waals surface area contributed by atoms with Gasteiger partial charge in [0.15, 0.2) is 0 Å². The molecular weight excluding hydrogens is 390 g/mol. The van der Waals surface area contributed by atoms with Crippen LogP contribution in [-0.2, 0) is 14.3 Å². The molecule has 0 aromatic heterocycles. The van der Waals surface area contributed by atoms with Crippen LogP contribution in [0.4, 0.5) is 0 Å². The highest BCUT2D eigenvalue weighted by molar-refractivity contribution is 5.77. The van der Waals surface area contributed by atoms with Crippen molar-refractivity contribution in [1.82, 2.24) is 0 Å². The topological polar surface area (TPSA) is 63.6 Å². The van der Waals surface area contributed by atoms with Crippen LogP contribution in [0.15, 0.2) is 0 Å². The number of amides is 1. The molecule has 0 radical (unpaired) electrons. The first-order valence-corrected chi connectivity index (χ1v) is 12.0. The van der Waals surface area contributed by atoms with E-state index in [0.29, 0.717) is 23.2 Å². The molecule has 2 aliphatic rings. The number of carbonyl (C=O) groups is 2. The minimum absolute atomic E-state index is 0.0270. The Morgan fingerprint density at radius 2 is 1.71 bits per heavy atom. The lowest BCUT2D eigenvalue weighted by Crippen LogP contribution is -2.76. The van der Waals surface area contributed by atoms with Gasteiger partial charge in [0.05, 0.1) is 36.9 Å². The van der Waals surface area contributed by atoms with Crippen molar-refractivity contribution < 1.29 is 23.9 Å². The zero-order chi connectivity index (χ0) is 24.1. The molecule has 1 N–H and O–H groups in total. The number of ether oxygens (including phenoxy) is 1.